The van der Waals surface area contributed by atoms with Gasteiger partial charge in [0.2, 0.25) is 5.82 Å². The molecule has 0 aliphatic carbocycles. The van der Waals surface area contributed by atoms with Crippen LogP contribution in [0.2, 0.25) is 0 Å². The van der Waals surface area contributed by atoms with E-state index in [1.807, 2.05) is 0 Å². The van der Waals surface area contributed by atoms with Gasteiger partial charge in [-0.15, -0.1) is 0 Å². The molecule has 7 nitrogen and oxygen atoms in total. The summed E-state index contributed by atoms with van der Waals surface area (Å²) in [6.45, 7) is 1.20. The molecule has 86 valence electrons. The fourth-order valence-electron chi connectivity index (χ4n) is 1.56. The topological polar surface area (TPSA) is 103 Å². The summed E-state index contributed by atoms with van der Waals surface area (Å²) in [5.74, 6) is 0.465. The van der Waals surface area contributed by atoms with Crippen molar-refractivity contribution in [3.8, 4) is 0 Å². The number of ether oxygens (including phenoxy) is 1. The maximum atomic E-state index is 10.8. The Morgan fingerprint density at radius 1 is 1.62 bits per heavy atom. The Labute approximate surface area is 91.8 Å². The highest BCUT2D eigenvalue weighted by Gasteiger charge is 2.21. The van der Waals surface area contributed by atoms with Crippen molar-refractivity contribution in [1.29, 1.82) is 0 Å². The van der Waals surface area contributed by atoms with E-state index in [9.17, 15) is 10.1 Å². The number of nitro groups is 1. The first-order chi connectivity index (χ1) is 7.66. The third-order valence-corrected chi connectivity index (χ3v) is 2.36. The minimum Gasteiger partial charge on any atom is -0.384 e. The van der Waals surface area contributed by atoms with E-state index in [1.54, 1.807) is 0 Å². The fourth-order valence-corrected chi connectivity index (χ4v) is 1.56. The Morgan fingerprint density at radius 3 is 3.06 bits per heavy atom. The summed E-state index contributed by atoms with van der Waals surface area (Å²) < 4.78 is 5.17. The van der Waals surface area contributed by atoms with E-state index < -0.39 is 4.92 Å². The van der Waals surface area contributed by atoms with Crippen molar-refractivity contribution >= 4 is 17.3 Å². The molecule has 0 radical (unpaired) electrons. The summed E-state index contributed by atoms with van der Waals surface area (Å²) in [5, 5.41) is 13.7. The summed E-state index contributed by atoms with van der Waals surface area (Å²) in [6, 6.07) is 2.82. The van der Waals surface area contributed by atoms with Crippen molar-refractivity contribution in [3.05, 3.63) is 22.2 Å². The van der Waals surface area contributed by atoms with Gasteiger partial charge in [0, 0.05) is 12.7 Å². The second-order valence-corrected chi connectivity index (χ2v) is 3.57. The molecule has 0 aromatic carbocycles. The van der Waals surface area contributed by atoms with Crippen LogP contribution in [-0.4, -0.2) is 29.2 Å². The first-order valence-electron chi connectivity index (χ1n) is 4.92. The Bertz CT molecular complexity index is 404. The molecule has 16 heavy (non-hydrogen) atoms. The third kappa shape index (κ3) is 2.19. The van der Waals surface area contributed by atoms with E-state index in [0.29, 0.717) is 13.2 Å². The first-order valence-corrected chi connectivity index (χ1v) is 4.92. The lowest BCUT2D eigenvalue weighted by atomic mass is 10.2. The average Bonchev–Trinajstić information content (AvgIpc) is 2.70. The van der Waals surface area contributed by atoms with Crippen molar-refractivity contribution < 1.29 is 9.66 Å². The van der Waals surface area contributed by atoms with Gasteiger partial charge < -0.3 is 15.8 Å². The molecule has 1 fully saturated rings. The summed E-state index contributed by atoms with van der Waals surface area (Å²) in [5.41, 5.74) is 5.43. The predicted octanol–water partition coefficient (Wildman–Crippen LogP) is 0.773. The van der Waals surface area contributed by atoms with Crippen LogP contribution in [0.4, 0.5) is 17.3 Å². The Balaban J connectivity index is 2.22. The highest BCUT2D eigenvalue weighted by molar-refractivity contribution is 5.59. The monoisotopic (exact) mass is 224 g/mol. The first kappa shape index (κ1) is 10.6. The van der Waals surface area contributed by atoms with Crippen LogP contribution in [0, 0.1) is 10.1 Å². The quantitative estimate of drug-likeness (QED) is 0.580. The standard InChI is InChI=1S/C9H12N4O3/c10-8-2-1-7(13(14)15)9(12-8)11-6-3-4-16-5-6/h1-2,6H,3-5H2,(H3,10,11,12). The van der Waals surface area contributed by atoms with Gasteiger partial charge in [-0.25, -0.2) is 4.98 Å². The third-order valence-electron chi connectivity index (χ3n) is 2.36. The zero-order valence-electron chi connectivity index (χ0n) is 8.55. The summed E-state index contributed by atoms with van der Waals surface area (Å²) in [6.07, 6.45) is 0.813. The second kappa shape index (κ2) is 4.31. The number of hydrogen-bond acceptors (Lipinski definition) is 6. The number of anilines is 2. The van der Waals surface area contributed by atoms with E-state index in [-0.39, 0.29) is 23.4 Å². The number of nitrogen functional groups attached to an aromatic ring is 1. The molecule has 1 aromatic rings. The molecule has 1 aromatic heterocycles. The van der Waals surface area contributed by atoms with E-state index in [0.717, 1.165) is 6.42 Å². The van der Waals surface area contributed by atoms with Gasteiger partial charge in [0.05, 0.1) is 17.6 Å². The van der Waals surface area contributed by atoms with Crippen LogP contribution in [0.15, 0.2) is 12.1 Å². The number of pyridine rings is 1. The predicted molar refractivity (Wildman–Crippen MR) is 58.2 cm³/mol. The van der Waals surface area contributed by atoms with E-state index in [1.165, 1.54) is 12.1 Å². The lowest BCUT2D eigenvalue weighted by molar-refractivity contribution is -0.384. The minimum absolute atomic E-state index is 0.0630. The van der Waals surface area contributed by atoms with E-state index in [2.05, 4.69) is 10.3 Å². The number of nitrogens with zero attached hydrogens (tertiary/aromatic N) is 2. The average molecular weight is 224 g/mol. The van der Waals surface area contributed by atoms with Crippen LogP contribution >= 0.6 is 0 Å². The minimum atomic E-state index is -0.482. The lowest BCUT2D eigenvalue weighted by Gasteiger charge is -2.11. The number of nitrogens with one attached hydrogen (secondary N) is 1. The van der Waals surface area contributed by atoms with Crippen molar-refractivity contribution in [2.45, 2.75) is 12.5 Å². The van der Waals surface area contributed by atoms with Crippen molar-refractivity contribution in [3.63, 3.8) is 0 Å². The molecular formula is C9H12N4O3. The molecular weight excluding hydrogens is 212 g/mol. The van der Waals surface area contributed by atoms with Crippen LogP contribution in [0.3, 0.4) is 0 Å². The molecule has 0 amide bonds. The molecule has 2 rings (SSSR count). The van der Waals surface area contributed by atoms with Gasteiger partial charge in [-0.2, -0.15) is 0 Å². The summed E-state index contributed by atoms with van der Waals surface area (Å²) in [7, 11) is 0. The van der Waals surface area contributed by atoms with Crippen LogP contribution in [0.5, 0.6) is 0 Å². The summed E-state index contributed by atoms with van der Waals surface area (Å²) in [4.78, 5) is 14.2. The maximum absolute atomic E-state index is 10.8. The van der Waals surface area contributed by atoms with E-state index >= 15 is 0 Å². The number of rotatable bonds is 3. The fraction of sp³-hybridized carbons (Fsp3) is 0.444. The van der Waals surface area contributed by atoms with Gasteiger partial charge in [-0.1, -0.05) is 0 Å². The van der Waals surface area contributed by atoms with Gasteiger partial charge in [0.1, 0.15) is 5.82 Å². The molecule has 1 atom stereocenters. The Morgan fingerprint density at radius 2 is 2.44 bits per heavy atom. The second-order valence-electron chi connectivity index (χ2n) is 3.57. The molecule has 3 N–H and O–H groups in total. The van der Waals surface area contributed by atoms with Crippen LogP contribution in [0.25, 0.3) is 0 Å². The maximum Gasteiger partial charge on any atom is 0.311 e. The Hall–Kier alpha value is -1.89. The number of aromatic nitrogens is 1. The van der Waals surface area contributed by atoms with Crippen molar-refractivity contribution in [2.24, 2.45) is 0 Å². The smallest absolute Gasteiger partial charge is 0.311 e. The summed E-state index contributed by atoms with van der Waals surface area (Å²) >= 11 is 0. The van der Waals surface area contributed by atoms with Gasteiger partial charge in [0.15, 0.2) is 0 Å². The van der Waals surface area contributed by atoms with Crippen LogP contribution in [0.1, 0.15) is 6.42 Å². The van der Waals surface area contributed by atoms with E-state index in [4.69, 9.17) is 10.5 Å². The zero-order valence-corrected chi connectivity index (χ0v) is 8.55. The van der Waals surface area contributed by atoms with Gasteiger partial charge in [-0.3, -0.25) is 10.1 Å². The molecule has 1 saturated heterocycles. The zero-order chi connectivity index (χ0) is 11.5. The molecule has 1 unspecified atom stereocenters. The van der Waals surface area contributed by atoms with Gasteiger partial charge in [0.25, 0.3) is 0 Å². The highest BCUT2D eigenvalue weighted by atomic mass is 16.6. The molecule has 1 aliphatic rings. The molecule has 7 heteroatoms. The van der Waals surface area contributed by atoms with Gasteiger partial charge >= 0.3 is 5.69 Å². The molecule has 0 saturated carbocycles. The largest absolute Gasteiger partial charge is 0.384 e. The molecule has 2 heterocycles. The van der Waals surface area contributed by atoms with Crippen molar-refractivity contribution in [2.75, 3.05) is 24.3 Å². The van der Waals surface area contributed by atoms with Crippen LogP contribution in [-0.2, 0) is 4.74 Å². The molecule has 1 aliphatic heterocycles. The molecule has 0 spiro atoms. The van der Waals surface area contributed by atoms with Crippen LogP contribution < -0.4 is 11.1 Å². The number of nitrogens with two attached hydrogens (primary N) is 1. The highest BCUT2D eigenvalue weighted by Crippen LogP contribution is 2.24. The Kier molecular flexibility index (Phi) is 2.86. The van der Waals surface area contributed by atoms with Gasteiger partial charge in [-0.05, 0) is 12.5 Å². The normalized spacial score (nSPS) is 19.6. The number of hydrogen-bond donors (Lipinski definition) is 2. The van der Waals surface area contributed by atoms with Crippen molar-refractivity contribution in [1.82, 2.24) is 4.98 Å². The SMILES string of the molecule is Nc1ccc([N+](=O)[O-])c(NC2CCOC2)n1. The lowest BCUT2D eigenvalue weighted by Crippen LogP contribution is -2.20. The molecule has 0 bridgehead atoms.